The number of halogens is 1. The van der Waals surface area contributed by atoms with Crippen molar-refractivity contribution >= 4 is 34.4 Å². The summed E-state index contributed by atoms with van der Waals surface area (Å²) < 4.78 is 0. The molecule has 0 aliphatic rings. The van der Waals surface area contributed by atoms with Gasteiger partial charge in [-0.1, -0.05) is 17.7 Å². The lowest BCUT2D eigenvalue weighted by molar-refractivity contribution is 0.473. The normalized spacial score (nSPS) is 11.5. The second kappa shape index (κ2) is 6.01. The molecule has 0 aliphatic heterocycles. The van der Waals surface area contributed by atoms with E-state index < -0.39 is 0 Å². The molecular weight excluding hydrogens is 308 g/mol. The Morgan fingerprint density at radius 1 is 1.09 bits per heavy atom. The summed E-state index contributed by atoms with van der Waals surface area (Å²) in [4.78, 5) is 8.95. The Kier molecular flexibility index (Phi) is 4.05. The van der Waals surface area contributed by atoms with Gasteiger partial charge in [0, 0.05) is 27.9 Å². The number of hydrogen-bond acceptors (Lipinski definition) is 3. The Balaban J connectivity index is 2.00. The van der Waals surface area contributed by atoms with Crippen LogP contribution in [0.2, 0.25) is 5.02 Å². The maximum absolute atomic E-state index is 10.1. The second-order valence-electron chi connectivity index (χ2n) is 5.65. The number of aromatic nitrogens is 1. The highest BCUT2D eigenvalue weighted by Gasteiger charge is 2.09. The molecule has 0 bridgehead atoms. The number of fused-ring (bicyclic) bond motifs is 1. The summed E-state index contributed by atoms with van der Waals surface area (Å²) in [6.45, 7) is 5.72. The van der Waals surface area contributed by atoms with Crippen molar-refractivity contribution in [3.8, 4) is 5.75 Å². The predicted molar refractivity (Wildman–Crippen MR) is 96.3 cm³/mol. The van der Waals surface area contributed by atoms with Crippen LogP contribution in [0.25, 0.3) is 10.9 Å². The van der Waals surface area contributed by atoms with Gasteiger partial charge in [0.05, 0.1) is 11.2 Å². The van der Waals surface area contributed by atoms with Crippen LogP contribution in [0.5, 0.6) is 5.75 Å². The monoisotopic (exact) mass is 324 g/mol. The van der Waals surface area contributed by atoms with Crippen LogP contribution in [0, 0.1) is 20.8 Å². The maximum Gasteiger partial charge on any atom is 0.124 e. The molecule has 0 atom stereocenters. The Hall–Kier alpha value is -2.39. The van der Waals surface area contributed by atoms with Gasteiger partial charge in [-0.15, -0.1) is 0 Å². The number of benzene rings is 2. The van der Waals surface area contributed by atoms with E-state index in [0.717, 1.165) is 33.4 Å². The molecule has 1 aromatic heterocycles. The van der Waals surface area contributed by atoms with Crippen molar-refractivity contribution in [2.24, 2.45) is 4.99 Å². The van der Waals surface area contributed by atoms with Crippen LogP contribution >= 0.6 is 11.6 Å². The number of phenolic OH excluding ortho intramolecular Hbond substituents is 1. The van der Waals surface area contributed by atoms with Crippen LogP contribution in [-0.4, -0.2) is 16.3 Å². The van der Waals surface area contributed by atoms with Crippen molar-refractivity contribution in [1.82, 2.24) is 4.98 Å². The van der Waals surface area contributed by atoms with Crippen LogP contribution in [0.3, 0.4) is 0 Å². The van der Waals surface area contributed by atoms with E-state index in [-0.39, 0.29) is 5.75 Å². The minimum atomic E-state index is 0.186. The average molecular weight is 325 g/mol. The predicted octanol–water partition coefficient (Wildman–Crippen LogP) is 5.27. The van der Waals surface area contributed by atoms with Gasteiger partial charge in [-0.3, -0.25) is 9.98 Å². The number of aliphatic imine (C=N–C) groups is 1. The van der Waals surface area contributed by atoms with Crippen molar-refractivity contribution in [2.75, 3.05) is 0 Å². The first-order valence-electron chi connectivity index (χ1n) is 7.36. The Morgan fingerprint density at radius 3 is 2.65 bits per heavy atom. The molecule has 23 heavy (non-hydrogen) atoms. The third kappa shape index (κ3) is 3.06. The van der Waals surface area contributed by atoms with Gasteiger partial charge in [0.1, 0.15) is 5.75 Å². The molecule has 3 nitrogen and oxygen atoms in total. The number of nitrogens with zero attached hydrogens (tertiary/aromatic N) is 2. The van der Waals surface area contributed by atoms with Gasteiger partial charge >= 0.3 is 0 Å². The molecule has 0 unspecified atom stereocenters. The molecule has 116 valence electrons. The quantitative estimate of drug-likeness (QED) is 0.653. The van der Waals surface area contributed by atoms with Crippen LogP contribution in [0.4, 0.5) is 5.69 Å². The first-order valence-corrected chi connectivity index (χ1v) is 7.73. The molecule has 4 heteroatoms. The highest BCUT2D eigenvalue weighted by molar-refractivity contribution is 6.32. The summed E-state index contributed by atoms with van der Waals surface area (Å²) in [6.07, 6.45) is 1.65. The van der Waals surface area contributed by atoms with Gasteiger partial charge in [0.2, 0.25) is 0 Å². The van der Waals surface area contributed by atoms with E-state index >= 15 is 0 Å². The summed E-state index contributed by atoms with van der Waals surface area (Å²) in [5, 5.41) is 11.8. The molecular formula is C19H17ClN2O. The lowest BCUT2D eigenvalue weighted by Crippen LogP contribution is -1.92. The lowest BCUT2D eigenvalue weighted by Gasteiger charge is -2.08. The molecule has 0 saturated heterocycles. The van der Waals surface area contributed by atoms with E-state index in [2.05, 4.69) is 9.98 Å². The van der Waals surface area contributed by atoms with Gasteiger partial charge in [-0.25, -0.2) is 0 Å². The van der Waals surface area contributed by atoms with Crippen molar-refractivity contribution in [3.05, 3.63) is 63.8 Å². The summed E-state index contributed by atoms with van der Waals surface area (Å²) in [5.74, 6) is 0.186. The Morgan fingerprint density at radius 2 is 1.87 bits per heavy atom. The highest BCUT2D eigenvalue weighted by atomic mass is 35.5. The molecule has 0 amide bonds. The third-order valence-electron chi connectivity index (χ3n) is 3.86. The highest BCUT2D eigenvalue weighted by Crippen LogP contribution is 2.30. The standard InChI is InChI=1S/C19H17ClN2O/c1-11-8-18(23)16(13(3)19(11)20)10-21-15-6-7-17-14(9-15)5-4-12(2)22-17/h4-10,23H,1-3H3. The largest absolute Gasteiger partial charge is 0.507 e. The molecule has 0 fully saturated rings. The number of phenols is 1. The topological polar surface area (TPSA) is 45.5 Å². The summed E-state index contributed by atoms with van der Waals surface area (Å²) in [5.41, 5.74) is 5.06. The molecule has 3 aromatic rings. The van der Waals surface area contributed by atoms with Gasteiger partial charge in [0.25, 0.3) is 0 Å². The third-order valence-corrected chi connectivity index (χ3v) is 4.44. The van der Waals surface area contributed by atoms with E-state index in [0.29, 0.717) is 10.6 Å². The fourth-order valence-corrected chi connectivity index (χ4v) is 2.71. The first-order chi connectivity index (χ1) is 11.0. The molecule has 0 spiro atoms. The smallest absolute Gasteiger partial charge is 0.124 e. The van der Waals surface area contributed by atoms with Crippen LogP contribution < -0.4 is 0 Å². The number of pyridine rings is 1. The molecule has 0 saturated carbocycles. The van der Waals surface area contributed by atoms with E-state index in [4.69, 9.17) is 11.6 Å². The summed E-state index contributed by atoms with van der Waals surface area (Å²) in [7, 11) is 0. The molecule has 1 N–H and O–H groups in total. The fraction of sp³-hybridized carbons (Fsp3) is 0.158. The van der Waals surface area contributed by atoms with Crippen molar-refractivity contribution in [2.45, 2.75) is 20.8 Å². The van der Waals surface area contributed by atoms with E-state index in [9.17, 15) is 5.11 Å². The SMILES string of the molecule is Cc1ccc2cc(N=Cc3c(O)cc(C)c(Cl)c3C)ccc2n1. The maximum atomic E-state index is 10.1. The van der Waals surface area contributed by atoms with Crippen LogP contribution in [-0.2, 0) is 0 Å². The molecule has 1 heterocycles. The molecule has 2 aromatic carbocycles. The average Bonchev–Trinajstić information content (AvgIpc) is 2.52. The summed E-state index contributed by atoms with van der Waals surface area (Å²) in [6, 6.07) is 11.5. The lowest BCUT2D eigenvalue weighted by atomic mass is 10.0. The van der Waals surface area contributed by atoms with E-state index in [1.165, 1.54) is 0 Å². The molecule has 0 radical (unpaired) electrons. The van der Waals surface area contributed by atoms with Crippen molar-refractivity contribution in [1.29, 1.82) is 0 Å². The zero-order chi connectivity index (χ0) is 16.6. The molecule has 0 aliphatic carbocycles. The number of rotatable bonds is 2. The number of aryl methyl sites for hydroxylation is 2. The zero-order valence-electron chi connectivity index (χ0n) is 13.3. The summed E-state index contributed by atoms with van der Waals surface area (Å²) >= 11 is 6.25. The van der Waals surface area contributed by atoms with Gasteiger partial charge in [0.15, 0.2) is 0 Å². The minimum Gasteiger partial charge on any atom is -0.507 e. The van der Waals surface area contributed by atoms with Crippen molar-refractivity contribution in [3.63, 3.8) is 0 Å². The Bertz CT molecular complexity index is 932. The zero-order valence-corrected chi connectivity index (χ0v) is 14.0. The van der Waals surface area contributed by atoms with E-state index in [1.807, 2.05) is 51.1 Å². The van der Waals surface area contributed by atoms with Gasteiger partial charge in [-0.05, 0) is 62.2 Å². The second-order valence-corrected chi connectivity index (χ2v) is 6.03. The first kappa shape index (κ1) is 15.5. The van der Waals surface area contributed by atoms with Crippen LogP contribution in [0.15, 0.2) is 41.4 Å². The number of aromatic hydroxyl groups is 1. The minimum absolute atomic E-state index is 0.186. The van der Waals surface area contributed by atoms with Crippen molar-refractivity contribution < 1.29 is 5.11 Å². The number of hydrogen-bond donors (Lipinski definition) is 1. The van der Waals surface area contributed by atoms with Crippen LogP contribution in [0.1, 0.15) is 22.4 Å². The van der Waals surface area contributed by atoms with Gasteiger partial charge in [-0.2, -0.15) is 0 Å². The van der Waals surface area contributed by atoms with Gasteiger partial charge < -0.3 is 5.11 Å². The Labute approximate surface area is 140 Å². The van der Waals surface area contributed by atoms with E-state index in [1.54, 1.807) is 12.3 Å². The molecule has 3 rings (SSSR count). The fourth-order valence-electron chi connectivity index (χ4n) is 2.55.